The number of aromatic nitrogens is 1. The Morgan fingerprint density at radius 1 is 1.09 bits per heavy atom. The van der Waals surface area contributed by atoms with E-state index in [9.17, 15) is 9.59 Å². The highest BCUT2D eigenvalue weighted by atomic mass is 35.5. The second-order valence-corrected chi connectivity index (χ2v) is 8.96. The fraction of sp³-hybridized carbons (Fsp3) is 0.280. The first-order chi connectivity index (χ1) is 16.4. The van der Waals surface area contributed by atoms with Gasteiger partial charge in [-0.15, -0.1) is 12.4 Å². The first-order valence-electron chi connectivity index (χ1n) is 11.1. The van der Waals surface area contributed by atoms with Crippen molar-refractivity contribution in [2.75, 3.05) is 18.4 Å². The highest BCUT2D eigenvalue weighted by Crippen LogP contribution is 2.31. The van der Waals surface area contributed by atoms with E-state index < -0.39 is 5.91 Å². The molecular weight excluding hydrogens is 511 g/mol. The molecule has 1 saturated heterocycles. The number of amides is 2. The van der Waals surface area contributed by atoms with Crippen LogP contribution in [-0.4, -0.2) is 35.9 Å². The van der Waals surface area contributed by atoms with Gasteiger partial charge in [0.05, 0.1) is 15.7 Å². The van der Waals surface area contributed by atoms with Crippen LogP contribution in [0, 0.1) is 6.92 Å². The number of piperidine rings is 1. The topological polar surface area (TPSA) is 95.2 Å². The Labute approximate surface area is 220 Å². The lowest BCUT2D eigenvalue weighted by atomic mass is 10.1. The van der Waals surface area contributed by atoms with E-state index in [-0.39, 0.29) is 41.7 Å². The first-order valence-corrected chi connectivity index (χ1v) is 11.8. The molecule has 1 aliphatic rings. The van der Waals surface area contributed by atoms with E-state index >= 15 is 0 Å². The molecule has 2 heterocycles. The molecule has 1 aromatic heterocycles. The molecule has 2 aromatic carbocycles. The first kappa shape index (κ1) is 26.9. The fourth-order valence-electron chi connectivity index (χ4n) is 3.82. The van der Waals surface area contributed by atoms with Crippen molar-refractivity contribution >= 4 is 53.1 Å². The second-order valence-electron chi connectivity index (χ2n) is 8.21. The van der Waals surface area contributed by atoms with Gasteiger partial charge in [-0.25, -0.2) is 0 Å². The zero-order valence-electron chi connectivity index (χ0n) is 19.1. The number of nitrogens with one attached hydrogen (secondary N) is 4. The van der Waals surface area contributed by atoms with E-state index in [2.05, 4.69) is 20.9 Å². The summed E-state index contributed by atoms with van der Waals surface area (Å²) in [5, 5.41) is 9.68. The number of hydrogen-bond donors (Lipinski definition) is 4. The Morgan fingerprint density at radius 3 is 2.60 bits per heavy atom. The van der Waals surface area contributed by atoms with Gasteiger partial charge in [-0.1, -0.05) is 47.5 Å². The van der Waals surface area contributed by atoms with Crippen LogP contribution < -0.4 is 20.7 Å². The Balaban J connectivity index is 0.00000342. The predicted molar refractivity (Wildman–Crippen MR) is 141 cm³/mol. The summed E-state index contributed by atoms with van der Waals surface area (Å²) in [6.45, 7) is 3.75. The Hall–Kier alpha value is -2.71. The lowest BCUT2D eigenvalue weighted by molar-refractivity contribution is 0.0929. The lowest BCUT2D eigenvalue weighted by Crippen LogP contribution is -2.45. The van der Waals surface area contributed by atoms with Gasteiger partial charge in [-0.2, -0.15) is 0 Å². The van der Waals surface area contributed by atoms with E-state index in [1.807, 2.05) is 24.3 Å². The molecule has 0 aliphatic carbocycles. The van der Waals surface area contributed by atoms with Crippen LogP contribution in [0.1, 0.15) is 44.9 Å². The molecule has 4 N–H and O–H groups in total. The summed E-state index contributed by atoms with van der Waals surface area (Å²) in [6, 6.07) is 14.6. The summed E-state index contributed by atoms with van der Waals surface area (Å²) in [7, 11) is 0. The minimum absolute atomic E-state index is 0. The van der Waals surface area contributed by atoms with Gasteiger partial charge in [-0.3, -0.25) is 9.59 Å². The van der Waals surface area contributed by atoms with Crippen molar-refractivity contribution in [1.82, 2.24) is 15.6 Å². The van der Waals surface area contributed by atoms with Gasteiger partial charge in [0.15, 0.2) is 0 Å². The van der Waals surface area contributed by atoms with Gasteiger partial charge < -0.3 is 25.7 Å². The number of ether oxygens (including phenoxy) is 1. The number of H-pyrrole nitrogens is 1. The monoisotopic (exact) mass is 536 g/mol. The minimum Gasteiger partial charge on any atom is -0.487 e. The summed E-state index contributed by atoms with van der Waals surface area (Å²) in [5.41, 5.74) is 2.72. The molecule has 7 nitrogen and oxygen atoms in total. The molecule has 1 atom stereocenters. The Bertz CT molecular complexity index is 1190. The molecule has 3 aromatic rings. The maximum absolute atomic E-state index is 12.7. The molecule has 35 heavy (non-hydrogen) atoms. The zero-order valence-corrected chi connectivity index (χ0v) is 21.4. The number of para-hydroxylation sites is 2. The van der Waals surface area contributed by atoms with Gasteiger partial charge in [0.1, 0.15) is 18.1 Å². The van der Waals surface area contributed by atoms with Gasteiger partial charge >= 0.3 is 0 Å². The summed E-state index contributed by atoms with van der Waals surface area (Å²) in [6.07, 6.45) is 2.03. The number of benzene rings is 2. The molecule has 4 rings (SSSR count). The van der Waals surface area contributed by atoms with Crippen molar-refractivity contribution in [3.8, 4) is 5.75 Å². The predicted octanol–water partition coefficient (Wildman–Crippen LogP) is 5.36. The van der Waals surface area contributed by atoms with Crippen LogP contribution in [0.25, 0.3) is 0 Å². The maximum Gasteiger partial charge on any atom is 0.273 e. The molecule has 0 spiro atoms. The quantitative estimate of drug-likeness (QED) is 0.326. The van der Waals surface area contributed by atoms with Gasteiger partial charge in [0, 0.05) is 23.8 Å². The standard InChI is InChI=1S/C25H26Cl2N4O3.ClH/c1-15-21(26)22(27)23(29-15)25(33)31-19-9-2-3-10-20(19)34-14-16-6-4-7-17(12-16)24(32)30-18-8-5-11-28-13-18;/h2-4,6-7,9-10,12,18,28-29H,5,8,11,13-14H2,1H3,(H,30,32)(H,31,33);1H. The number of halogens is 3. The maximum atomic E-state index is 12.7. The smallest absolute Gasteiger partial charge is 0.273 e. The van der Waals surface area contributed by atoms with Crippen LogP contribution >= 0.6 is 35.6 Å². The van der Waals surface area contributed by atoms with E-state index in [1.165, 1.54) is 0 Å². The molecule has 10 heteroatoms. The fourth-order valence-corrected chi connectivity index (χ4v) is 4.23. The molecule has 186 valence electrons. The number of anilines is 1. The second kappa shape index (κ2) is 12.3. The van der Waals surface area contributed by atoms with E-state index in [4.69, 9.17) is 27.9 Å². The molecule has 0 radical (unpaired) electrons. The molecule has 1 aliphatic heterocycles. The molecule has 0 bridgehead atoms. The summed E-state index contributed by atoms with van der Waals surface area (Å²) >= 11 is 12.3. The van der Waals surface area contributed by atoms with Crippen LogP contribution in [0.15, 0.2) is 48.5 Å². The molecule has 2 amide bonds. The third kappa shape index (κ3) is 6.70. The normalized spacial score (nSPS) is 15.1. The summed E-state index contributed by atoms with van der Waals surface area (Å²) in [5.74, 6) is -0.0311. The lowest BCUT2D eigenvalue weighted by Gasteiger charge is -2.23. The number of aromatic amines is 1. The third-order valence-electron chi connectivity index (χ3n) is 5.63. The van der Waals surface area contributed by atoms with Crippen molar-refractivity contribution in [2.45, 2.75) is 32.4 Å². The average Bonchev–Trinajstić information content (AvgIpc) is 3.11. The molecule has 0 saturated carbocycles. The number of carbonyl (C=O) groups excluding carboxylic acids is 2. The average molecular weight is 538 g/mol. The SMILES string of the molecule is Cc1[nH]c(C(=O)Nc2ccccc2OCc2cccc(C(=O)NC3CCCNC3)c2)c(Cl)c1Cl.Cl. The highest BCUT2D eigenvalue weighted by Gasteiger charge is 2.20. The van der Waals surface area contributed by atoms with Crippen LogP contribution in [0.3, 0.4) is 0 Å². The van der Waals surface area contributed by atoms with Gasteiger partial charge in [-0.05, 0) is 56.1 Å². The van der Waals surface area contributed by atoms with E-state index in [1.54, 1.807) is 31.2 Å². The van der Waals surface area contributed by atoms with Crippen LogP contribution in [-0.2, 0) is 6.61 Å². The molecular formula is C25H27Cl3N4O3. The number of aryl methyl sites for hydroxylation is 1. The zero-order chi connectivity index (χ0) is 24.1. The van der Waals surface area contributed by atoms with Crippen molar-refractivity contribution in [2.24, 2.45) is 0 Å². The van der Waals surface area contributed by atoms with Crippen LogP contribution in [0.4, 0.5) is 5.69 Å². The van der Waals surface area contributed by atoms with E-state index in [0.717, 1.165) is 31.5 Å². The van der Waals surface area contributed by atoms with Crippen molar-refractivity contribution in [3.63, 3.8) is 0 Å². The van der Waals surface area contributed by atoms with Crippen molar-refractivity contribution in [1.29, 1.82) is 0 Å². The Kier molecular flexibility index (Phi) is 9.46. The third-order valence-corrected chi connectivity index (χ3v) is 6.58. The van der Waals surface area contributed by atoms with Gasteiger partial charge in [0.25, 0.3) is 11.8 Å². The number of carbonyl (C=O) groups is 2. The summed E-state index contributed by atoms with van der Waals surface area (Å²) < 4.78 is 5.98. The number of hydrogen-bond acceptors (Lipinski definition) is 4. The van der Waals surface area contributed by atoms with Crippen molar-refractivity contribution < 1.29 is 14.3 Å². The molecule has 1 fully saturated rings. The Morgan fingerprint density at radius 2 is 1.89 bits per heavy atom. The largest absolute Gasteiger partial charge is 0.487 e. The number of rotatable bonds is 7. The van der Waals surface area contributed by atoms with Crippen molar-refractivity contribution in [3.05, 3.63) is 81.1 Å². The van der Waals surface area contributed by atoms with E-state index in [0.29, 0.717) is 27.7 Å². The van der Waals surface area contributed by atoms with Crippen LogP contribution in [0.2, 0.25) is 10.0 Å². The molecule has 1 unspecified atom stereocenters. The highest BCUT2D eigenvalue weighted by molar-refractivity contribution is 6.44. The minimum atomic E-state index is -0.424. The van der Waals surface area contributed by atoms with Crippen LogP contribution in [0.5, 0.6) is 5.75 Å². The summed E-state index contributed by atoms with van der Waals surface area (Å²) in [4.78, 5) is 28.3. The van der Waals surface area contributed by atoms with Gasteiger partial charge in [0.2, 0.25) is 0 Å².